The van der Waals surface area contributed by atoms with Crippen LogP contribution in [0, 0.1) is 0 Å². The van der Waals surface area contributed by atoms with Crippen LogP contribution in [0.3, 0.4) is 0 Å². The van der Waals surface area contributed by atoms with Crippen molar-refractivity contribution in [1.29, 1.82) is 0 Å². The highest BCUT2D eigenvalue weighted by Gasteiger charge is 2.23. The summed E-state index contributed by atoms with van der Waals surface area (Å²) in [5.41, 5.74) is 6.99. The lowest BCUT2D eigenvalue weighted by molar-refractivity contribution is 0.246. The van der Waals surface area contributed by atoms with Gasteiger partial charge in [0.1, 0.15) is 11.5 Å². The maximum atomic E-state index is 5.80. The Bertz CT molecular complexity index is 401. The third-order valence-electron chi connectivity index (χ3n) is 3.64. The zero-order valence-corrected chi connectivity index (χ0v) is 12.4. The number of nitrogens with two attached hydrogens (primary N) is 1. The molecular weight excluding hydrogens is 264 g/mol. The second-order valence-corrected chi connectivity index (χ2v) is 4.68. The van der Waals surface area contributed by atoms with Gasteiger partial charge in [-0.1, -0.05) is 6.07 Å². The van der Waals surface area contributed by atoms with E-state index in [2.05, 4.69) is 11.0 Å². The van der Waals surface area contributed by atoms with Crippen molar-refractivity contribution in [2.75, 3.05) is 27.3 Å². The molecule has 19 heavy (non-hydrogen) atoms. The number of benzene rings is 1. The van der Waals surface area contributed by atoms with Crippen molar-refractivity contribution in [2.24, 2.45) is 5.73 Å². The van der Waals surface area contributed by atoms with Crippen molar-refractivity contribution >= 4 is 12.4 Å². The molecule has 1 saturated heterocycles. The number of methoxy groups -OCH3 is 2. The first-order valence-electron chi connectivity index (χ1n) is 6.43. The van der Waals surface area contributed by atoms with Gasteiger partial charge in [-0.25, -0.2) is 0 Å². The molecule has 1 unspecified atom stereocenters. The number of hydrogen-bond donors (Lipinski definition) is 1. The largest absolute Gasteiger partial charge is 0.497 e. The monoisotopic (exact) mass is 286 g/mol. The summed E-state index contributed by atoms with van der Waals surface area (Å²) in [6.07, 6.45) is 2.44. The number of likely N-dealkylation sites (tertiary alicyclic amines) is 1. The second-order valence-electron chi connectivity index (χ2n) is 4.68. The maximum absolute atomic E-state index is 5.80. The van der Waals surface area contributed by atoms with Crippen LogP contribution in [0.2, 0.25) is 0 Å². The maximum Gasteiger partial charge on any atom is 0.127 e. The Morgan fingerprint density at radius 3 is 2.74 bits per heavy atom. The molecule has 1 aliphatic rings. The lowest BCUT2D eigenvalue weighted by Crippen LogP contribution is -2.34. The zero-order valence-electron chi connectivity index (χ0n) is 11.6. The lowest BCUT2D eigenvalue weighted by atomic mass is 10.1. The summed E-state index contributed by atoms with van der Waals surface area (Å²) in [6, 6.07) is 6.49. The van der Waals surface area contributed by atoms with E-state index in [9.17, 15) is 0 Å². The molecule has 0 bridgehead atoms. The summed E-state index contributed by atoms with van der Waals surface area (Å²) < 4.78 is 10.6. The molecule has 0 aliphatic carbocycles. The van der Waals surface area contributed by atoms with Crippen LogP contribution in [-0.2, 0) is 6.54 Å². The number of hydrogen-bond acceptors (Lipinski definition) is 4. The van der Waals surface area contributed by atoms with E-state index < -0.39 is 0 Å². The van der Waals surface area contributed by atoms with Crippen LogP contribution >= 0.6 is 12.4 Å². The topological polar surface area (TPSA) is 47.7 Å². The van der Waals surface area contributed by atoms with Crippen molar-refractivity contribution in [3.05, 3.63) is 23.8 Å². The van der Waals surface area contributed by atoms with E-state index in [1.54, 1.807) is 14.2 Å². The molecule has 4 nitrogen and oxygen atoms in total. The van der Waals surface area contributed by atoms with Gasteiger partial charge in [0.25, 0.3) is 0 Å². The highest BCUT2D eigenvalue weighted by Crippen LogP contribution is 2.28. The van der Waals surface area contributed by atoms with Crippen LogP contribution in [0.5, 0.6) is 11.5 Å². The number of halogens is 1. The first-order valence-corrected chi connectivity index (χ1v) is 6.43. The first-order chi connectivity index (χ1) is 8.78. The van der Waals surface area contributed by atoms with Gasteiger partial charge in [0.05, 0.1) is 14.2 Å². The van der Waals surface area contributed by atoms with E-state index in [1.807, 2.05) is 12.1 Å². The van der Waals surface area contributed by atoms with Gasteiger partial charge < -0.3 is 15.2 Å². The zero-order chi connectivity index (χ0) is 13.0. The van der Waals surface area contributed by atoms with Gasteiger partial charge in [0.2, 0.25) is 0 Å². The highest BCUT2D eigenvalue weighted by molar-refractivity contribution is 5.85. The molecule has 1 aromatic rings. The summed E-state index contributed by atoms with van der Waals surface area (Å²) in [5, 5.41) is 0. The van der Waals surface area contributed by atoms with Gasteiger partial charge in [-0.15, -0.1) is 12.4 Å². The lowest BCUT2D eigenvalue weighted by Gasteiger charge is -2.24. The number of rotatable bonds is 5. The van der Waals surface area contributed by atoms with Crippen LogP contribution in [-0.4, -0.2) is 38.3 Å². The molecule has 1 aromatic carbocycles. The van der Waals surface area contributed by atoms with E-state index in [0.717, 1.165) is 31.1 Å². The Balaban J connectivity index is 0.00000180. The fourth-order valence-corrected chi connectivity index (χ4v) is 2.57. The Morgan fingerprint density at radius 2 is 2.11 bits per heavy atom. The Labute approximate surface area is 121 Å². The highest BCUT2D eigenvalue weighted by atomic mass is 35.5. The van der Waals surface area contributed by atoms with Crippen LogP contribution in [0.4, 0.5) is 0 Å². The molecule has 5 heteroatoms. The van der Waals surface area contributed by atoms with Crippen molar-refractivity contribution in [2.45, 2.75) is 25.4 Å². The quantitative estimate of drug-likeness (QED) is 0.900. The summed E-state index contributed by atoms with van der Waals surface area (Å²) in [4.78, 5) is 2.43. The van der Waals surface area contributed by atoms with Crippen molar-refractivity contribution < 1.29 is 9.47 Å². The molecule has 1 atom stereocenters. The molecule has 0 radical (unpaired) electrons. The molecule has 2 N–H and O–H groups in total. The predicted octanol–water partition coefficient (Wildman–Crippen LogP) is 2.05. The summed E-state index contributed by atoms with van der Waals surface area (Å²) in [5.74, 6) is 1.71. The normalized spacial score (nSPS) is 19.0. The van der Waals surface area contributed by atoms with Gasteiger partial charge in [-0.05, 0) is 25.5 Å². The predicted molar refractivity (Wildman–Crippen MR) is 79.3 cm³/mol. The van der Waals surface area contributed by atoms with Crippen LogP contribution in [0.1, 0.15) is 18.4 Å². The fraction of sp³-hybridized carbons (Fsp3) is 0.571. The molecule has 1 heterocycles. The molecule has 0 aromatic heterocycles. The van der Waals surface area contributed by atoms with E-state index in [0.29, 0.717) is 6.04 Å². The number of ether oxygens (including phenoxy) is 2. The standard InChI is InChI=1S/C14H22N2O2.ClH/c1-17-13-6-5-11(14(8-13)18-2)10-16-7-3-4-12(16)9-15;/h5-6,8,12H,3-4,7,9-10,15H2,1-2H3;1H. The molecule has 0 amide bonds. The smallest absolute Gasteiger partial charge is 0.127 e. The molecular formula is C14H23ClN2O2. The second kappa shape index (κ2) is 7.58. The molecule has 0 spiro atoms. The van der Waals surface area contributed by atoms with E-state index in [4.69, 9.17) is 15.2 Å². The van der Waals surface area contributed by atoms with Gasteiger partial charge in [-0.3, -0.25) is 4.90 Å². The fourth-order valence-electron chi connectivity index (χ4n) is 2.57. The molecule has 1 fully saturated rings. The van der Waals surface area contributed by atoms with E-state index >= 15 is 0 Å². The average molecular weight is 287 g/mol. The molecule has 0 saturated carbocycles. The van der Waals surface area contributed by atoms with Crippen molar-refractivity contribution in [3.8, 4) is 11.5 Å². The minimum Gasteiger partial charge on any atom is -0.497 e. The van der Waals surface area contributed by atoms with Gasteiger partial charge >= 0.3 is 0 Å². The van der Waals surface area contributed by atoms with Gasteiger partial charge in [0.15, 0.2) is 0 Å². The summed E-state index contributed by atoms with van der Waals surface area (Å²) in [7, 11) is 3.36. The minimum absolute atomic E-state index is 0. The minimum atomic E-state index is 0. The number of nitrogens with zero attached hydrogens (tertiary/aromatic N) is 1. The Kier molecular flexibility index (Phi) is 6.42. The van der Waals surface area contributed by atoms with Crippen LogP contribution < -0.4 is 15.2 Å². The third kappa shape index (κ3) is 3.75. The van der Waals surface area contributed by atoms with E-state index in [-0.39, 0.29) is 12.4 Å². The van der Waals surface area contributed by atoms with Crippen molar-refractivity contribution in [1.82, 2.24) is 4.90 Å². The average Bonchev–Trinajstić information content (AvgIpc) is 2.86. The van der Waals surface area contributed by atoms with E-state index in [1.165, 1.54) is 18.4 Å². The summed E-state index contributed by atoms with van der Waals surface area (Å²) in [6.45, 7) is 2.75. The molecule has 2 rings (SSSR count). The SMILES string of the molecule is COc1ccc(CN2CCCC2CN)c(OC)c1.Cl. The Morgan fingerprint density at radius 1 is 1.32 bits per heavy atom. The van der Waals surface area contributed by atoms with Crippen LogP contribution in [0.25, 0.3) is 0 Å². The summed E-state index contributed by atoms with van der Waals surface area (Å²) >= 11 is 0. The molecule has 1 aliphatic heterocycles. The third-order valence-corrected chi connectivity index (χ3v) is 3.64. The first kappa shape index (κ1) is 16.1. The Hall–Kier alpha value is -0.970. The molecule has 108 valence electrons. The van der Waals surface area contributed by atoms with Gasteiger partial charge in [0, 0.05) is 30.8 Å². The van der Waals surface area contributed by atoms with Crippen LogP contribution in [0.15, 0.2) is 18.2 Å². The van der Waals surface area contributed by atoms with Crippen molar-refractivity contribution in [3.63, 3.8) is 0 Å². The van der Waals surface area contributed by atoms with Gasteiger partial charge in [-0.2, -0.15) is 0 Å².